The molecule has 0 amide bonds. The molecule has 64 valence electrons. The van der Waals surface area contributed by atoms with E-state index in [0.29, 0.717) is 10.2 Å². The van der Waals surface area contributed by atoms with Crippen molar-refractivity contribution in [1.29, 1.82) is 5.41 Å². The molecule has 0 aromatic carbocycles. The van der Waals surface area contributed by atoms with E-state index in [0.717, 1.165) is 6.20 Å². The summed E-state index contributed by atoms with van der Waals surface area (Å²) >= 11 is 3.14. The Labute approximate surface area is 78.5 Å². The molecule has 0 saturated carbocycles. The Morgan fingerprint density at radius 1 is 1.75 bits per heavy atom. The van der Waals surface area contributed by atoms with Crippen molar-refractivity contribution in [1.82, 2.24) is 4.98 Å². The van der Waals surface area contributed by atoms with Crippen LogP contribution >= 0.6 is 15.9 Å². The highest BCUT2D eigenvalue weighted by atomic mass is 79.9. The zero-order chi connectivity index (χ0) is 9.14. The van der Waals surface area contributed by atoms with E-state index in [2.05, 4.69) is 20.9 Å². The number of rotatable bonds is 2. The molecule has 0 aliphatic heterocycles. The van der Waals surface area contributed by atoms with E-state index >= 15 is 0 Å². The normalized spacial score (nSPS) is 12.6. The summed E-state index contributed by atoms with van der Waals surface area (Å²) in [6.45, 7) is 1.76. The number of halogens is 2. The van der Waals surface area contributed by atoms with Crippen molar-refractivity contribution in [3.05, 3.63) is 28.2 Å². The lowest BCUT2D eigenvalue weighted by Crippen LogP contribution is -1.98. The first-order chi connectivity index (χ1) is 5.65. The molecule has 0 fully saturated rings. The van der Waals surface area contributed by atoms with Crippen molar-refractivity contribution in [3.63, 3.8) is 0 Å². The van der Waals surface area contributed by atoms with Crippen molar-refractivity contribution >= 4 is 22.1 Å². The van der Waals surface area contributed by atoms with Crippen LogP contribution in [0.3, 0.4) is 0 Å². The summed E-state index contributed by atoms with van der Waals surface area (Å²) in [5.74, 6) is -0.571. The number of pyridine rings is 1. The van der Waals surface area contributed by atoms with Crippen molar-refractivity contribution in [2.24, 2.45) is 0 Å². The van der Waals surface area contributed by atoms with Gasteiger partial charge in [-0.3, -0.25) is 0 Å². The van der Waals surface area contributed by atoms with Gasteiger partial charge in [0.1, 0.15) is 10.4 Å². The van der Waals surface area contributed by atoms with Crippen LogP contribution in [0.1, 0.15) is 18.4 Å². The van der Waals surface area contributed by atoms with E-state index in [-0.39, 0.29) is 11.7 Å². The zero-order valence-electron chi connectivity index (χ0n) is 6.51. The van der Waals surface area contributed by atoms with Gasteiger partial charge in [-0.1, -0.05) is 6.92 Å². The number of aromatic nitrogens is 1. The molecule has 12 heavy (non-hydrogen) atoms. The van der Waals surface area contributed by atoms with E-state index < -0.39 is 0 Å². The Balaban J connectivity index is 3.12. The molecule has 0 radical (unpaired) electrons. The van der Waals surface area contributed by atoms with Gasteiger partial charge in [0.15, 0.2) is 0 Å². The van der Waals surface area contributed by atoms with Gasteiger partial charge in [-0.2, -0.15) is 0 Å². The van der Waals surface area contributed by atoms with Gasteiger partial charge in [0.2, 0.25) is 0 Å². The molecular formula is C8H8BrFN2. The van der Waals surface area contributed by atoms with Gasteiger partial charge < -0.3 is 5.41 Å². The molecular weight excluding hydrogens is 223 g/mol. The minimum absolute atomic E-state index is 0.204. The average molecular weight is 231 g/mol. The highest BCUT2D eigenvalue weighted by Crippen LogP contribution is 2.19. The lowest BCUT2D eigenvalue weighted by molar-refractivity contribution is 0.601. The standard InChI is InChI=1S/C8H8BrFN2/c1-5(3-11)6-2-8(9)12-4-7(6)10/h2-5,11H,1H3. The highest BCUT2D eigenvalue weighted by Gasteiger charge is 2.08. The molecule has 1 heterocycles. The Bertz CT molecular complexity index is 301. The van der Waals surface area contributed by atoms with Crippen LogP contribution in [0.4, 0.5) is 4.39 Å². The summed E-state index contributed by atoms with van der Waals surface area (Å²) in [5.41, 5.74) is 0.492. The van der Waals surface area contributed by atoms with Crippen LogP contribution in [0, 0.1) is 11.2 Å². The lowest BCUT2D eigenvalue weighted by atomic mass is 10.0. The molecule has 0 bridgehead atoms. The van der Waals surface area contributed by atoms with E-state index in [4.69, 9.17) is 5.41 Å². The molecule has 1 unspecified atom stereocenters. The number of nitrogens with zero attached hydrogens (tertiary/aromatic N) is 1. The monoisotopic (exact) mass is 230 g/mol. The molecule has 0 aliphatic carbocycles. The Morgan fingerprint density at radius 3 is 3.00 bits per heavy atom. The maximum Gasteiger partial charge on any atom is 0.145 e. The fourth-order valence-electron chi connectivity index (χ4n) is 0.866. The molecule has 1 aromatic heterocycles. The highest BCUT2D eigenvalue weighted by molar-refractivity contribution is 9.10. The summed E-state index contributed by atoms with van der Waals surface area (Å²) in [5, 5.41) is 6.99. The third-order valence-electron chi connectivity index (χ3n) is 1.59. The predicted octanol–water partition coefficient (Wildman–Crippen LogP) is 2.74. The summed E-state index contributed by atoms with van der Waals surface area (Å²) in [6.07, 6.45) is 2.35. The SMILES string of the molecule is CC(C=N)c1cc(Br)ncc1F. The van der Waals surface area contributed by atoms with Gasteiger partial charge in [-0.25, -0.2) is 9.37 Å². The quantitative estimate of drug-likeness (QED) is 0.616. The van der Waals surface area contributed by atoms with Crippen LogP contribution < -0.4 is 0 Å². The van der Waals surface area contributed by atoms with Crippen LogP contribution in [-0.2, 0) is 0 Å². The van der Waals surface area contributed by atoms with Crippen LogP contribution in [0.2, 0.25) is 0 Å². The van der Waals surface area contributed by atoms with Gasteiger partial charge in [-0.05, 0) is 22.0 Å². The Morgan fingerprint density at radius 2 is 2.42 bits per heavy atom. The third kappa shape index (κ3) is 1.88. The minimum Gasteiger partial charge on any atom is -0.312 e. The first-order valence-electron chi connectivity index (χ1n) is 3.46. The topological polar surface area (TPSA) is 36.7 Å². The molecule has 0 spiro atoms. The van der Waals surface area contributed by atoms with Crippen LogP contribution in [0.25, 0.3) is 0 Å². The molecule has 0 saturated heterocycles. The second kappa shape index (κ2) is 3.76. The molecule has 4 heteroatoms. The van der Waals surface area contributed by atoms with E-state index in [1.165, 1.54) is 6.21 Å². The average Bonchev–Trinajstić information content (AvgIpc) is 2.08. The maximum absolute atomic E-state index is 13.0. The third-order valence-corrected chi connectivity index (χ3v) is 2.03. The number of nitrogens with one attached hydrogen (secondary N) is 1. The second-order valence-corrected chi connectivity index (χ2v) is 3.30. The van der Waals surface area contributed by atoms with Gasteiger partial charge in [0.25, 0.3) is 0 Å². The Hall–Kier alpha value is -0.770. The fraction of sp³-hybridized carbons (Fsp3) is 0.250. The minimum atomic E-state index is -0.366. The fourth-order valence-corrected chi connectivity index (χ4v) is 1.22. The van der Waals surface area contributed by atoms with E-state index in [1.807, 2.05) is 0 Å². The van der Waals surface area contributed by atoms with E-state index in [1.54, 1.807) is 13.0 Å². The van der Waals surface area contributed by atoms with Crippen molar-refractivity contribution < 1.29 is 4.39 Å². The molecule has 1 atom stereocenters. The van der Waals surface area contributed by atoms with Crippen molar-refractivity contribution in [2.45, 2.75) is 12.8 Å². The zero-order valence-corrected chi connectivity index (χ0v) is 8.10. The van der Waals surface area contributed by atoms with Crippen LogP contribution in [-0.4, -0.2) is 11.2 Å². The van der Waals surface area contributed by atoms with E-state index in [9.17, 15) is 4.39 Å². The summed E-state index contributed by atoms with van der Waals surface area (Å²) in [7, 11) is 0. The summed E-state index contributed by atoms with van der Waals surface area (Å²) in [4.78, 5) is 3.72. The summed E-state index contributed by atoms with van der Waals surface area (Å²) < 4.78 is 13.6. The molecule has 1 N–H and O–H groups in total. The van der Waals surface area contributed by atoms with Gasteiger partial charge in [0.05, 0.1) is 6.20 Å². The van der Waals surface area contributed by atoms with Gasteiger partial charge >= 0.3 is 0 Å². The predicted molar refractivity (Wildman–Crippen MR) is 49.1 cm³/mol. The molecule has 1 rings (SSSR count). The largest absolute Gasteiger partial charge is 0.312 e. The number of hydrogen-bond acceptors (Lipinski definition) is 2. The van der Waals surface area contributed by atoms with Crippen molar-refractivity contribution in [3.8, 4) is 0 Å². The molecule has 2 nitrogen and oxygen atoms in total. The van der Waals surface area contributed by atoms with Gasteiger partial charge in [-0.15, -0.1) is 0 Å². The van der Waals surface area contributed by atoms with Crippen LogP contribution in [0.5, 0.6) is 0 Å². The Kier molecular flexibility index (Phi) is 2.92. The number of hydrogen-bond donors (Lipinski definition) is 1. The summed E-state index contributed by atoms with van der Waals surface area (Å²) in [6, 6.07) is 1.59. The van der Waals surface area contributed by atoms with Crippen molar-refractivity contribution in [2.75, 3.05) is 0 Å². The molecule has 0 aliphatic rings. The van der Waals surface area contributed by atoms with Crippen LogP contribution in [0.15, 0.2) is 16.9 Å². The molecule has 1 aromatic rings. The lowest BCUT2D eigenvalue weighted by Gasteiger charge is -2.05. The van der Waals surface area contributed by atoms with Gasteiger partial charge in [0, 0.05) is 17.7 Å². The second-order valence-electron chi connectivity index (χ2n) is 2.48. The first kappa shape index (κ1) is 9.32. The maximum atomic E-state index is 13.0. The first-order valence-corrected chi connectivity index (χ1v) is 4.26. The smallest absolute Gasteiger partial charge is 0.145 e.